The lowest BCUT2D eigenvalue weighted by Crippen LogP contribution is -2.41. The van der Waals surface area contributed by atoms with Crippen molar-refractivity contribution < 1.29 is 22.7 Å². The van der Waals surface area contributed by atoms with E-state index >= 15 is 0 Å². The fraction of sp³-hybridized carbons (Fsp3) is 0.632. The van der Waals surface area contributed by atoms with Gasteiger partial charge in [0.25, 0.3) is 0 Å². The third kappa shape index (κ3) is 5.81. The van der Waals surface area contributed by atoms with Crippen molar-refractivity contribution >= 4 is 11.8 Å². The zero-order valence-corrected chi connectivity index (χ0v) is 15.5. The number of rotatable bonds is 3. The van der Waals surface area contributed by atoms with Crippen molar-refractivity contribution in [2.24, 2.45) is 5.92 Å². The number of nitrogens with two attached hydrogens (primary N) is 1. The molecule has 0 atom stereocenters. The Kier molecular flexibility index (Phi) is 6.09. The molecule has 0 radical (unpaired) electrons. The molecule has 1 aliphatic heterocycles. The van der Waals surface area contributed by atoms with Crippen LogP contribution < -0.4 is 5.73 Å². The predicted octanol–water partition coefficient (Wildman–Crippen LogP) is 4.87. The second kappa shape index (κ2) is 7.76. The van der Waals surface area contributed by atoms with Crippen molar-refractivity contribution in [2.75, 3.05) is 18.8 Å². The van der Waals surface area contributed by atoms with Gasteiger partial charge in [0.15, 0.2) is 0 Å². The minimum atomic E-state index is -4.40. The molecule has 4 nitrogen and oxygen atoms in total. The Morgan fingerprint density at radius 2 is 1.85 bits per heavy atom. The molecule has 26 heavy (non-hydrogen) atoms. The Morgan fingerprint density at radius 1 is 1.23 bits per heavy atom. The minimum Gasteiger partial charge on any atom is -0.444 e. The van der Waals surface area contributed by atoms with E-state index in [0.29, 0.717) is 31.8 Å². The summed E-state index contributed by atoms with van der Waals surface area (Å²) >= 11 is 0. The molecule has 2 N–H and O–H groups in total. The van der Waals surface area contributed by atoms with Gasteiger partial charge < -0.3 is 15.4 Å². The number of nitrogens with zero attached hydrogens (tertiary/aromatic N) is 1. The number of halogens is 3. The van der Waals surface area contributed by atoms with Crippen LogP contribution in [0, 0.1) is 5.92 Å². The molecule has 1 saturated heterocycles. The normalized spacial score (nSPS) is 16.6. The average Bonchev–Trinajstić information content (AvgIpc) is 2.51. The highest BCUT2D eigenvalue weighted by atomic mass is 19.4. The molecule has 0 aliphatic carbocycles. The zero-order valence-electron chi connectivity index (χ0n) is 15.5. The number of likely N-dealkylation sites (tertiary alicyclic amines) is 1. The van der Waals surface area contributed by atoms with E-state index < -0.39 is 17.3 Å². The van der Waals surface area contributed by atoms with E-state index in [-0.39, 0.29) is 17.3 Å². The topological polar surface area (TPSA) is 55.6 Å². The number of hydrogen-bond donors (Lipinski definition) is 1. The number of piperidine rings is 1. The summed E-state index contributed by atoms with van der Waals surface area (Å²) in [7, 11) is 0. The molecule has 1 fully saturated rings. The van der Waals surface area contributed by atoms with E-state index in [1.165, 1.54) is 12.1 Å². The van der Waals surface area contributed by atoms with Gasteiger partial charge in [0, 0.05) is 18.8 Å². The molecule has 0 unspecified atom stereocenters. The van der Waals surface area contributed by atoms with Gasteiger partial charge in [-0.25, -0.2) is 4.79 Å². The van der Waals surface area contributed by atoms with E-state index in [4.69, 9.17) is 10.5 Å². The van der Waals surface area contributed by atoms with Gasteiger partial charge in [0.2, 0.25) is 0 Å². The van der Waals surface area contributed by atoms with Crippen LogP contribution in [-0.4, -0.2) is 29.7 Å². The van der Waals surface area contributed by atoms with E-state index in [2.05, 4.69) is 0 Å². The van der Waals surface area contributed by atoms with Gasteiger partial charge in [-0.2, -0.15) is 13.2 Å². The van der Waals surface area contributed by atoms with Gasteiger partial charge in [-0.3, -0.25) is 0 Å². The van der Waals surface area contributed by atoms with Crippen molar-refractivity contribution in [3.05, 3.63) is 29.3 Å². The Balaban J connectivity index is 1.89. The molecule has 0 spiro atoms. The van der Waals surface area contributed by atoms with Crippen LogP contribution >= 0.6 is 0 Å². The Hall–Kier alpha value is -1.92. The van der Waals surface area contributed by atoms with Gasteiger partial charge >= 0.3 is 12.3 Å². The maximum absolute atomic E-state index is 13.2. The van der Waals surface area contributed by atoms with Crippen molar-refractivity contribution in [1.82, 2.24) is 4.90 Å². The van der Waals surface area contributed by atoms with Crippen molar-refractivity contribution in [3.8, 4) is 0 Å². The highest BCUT2D eigenvalue weighted by Crippen LogP contribution is 2.35. The second-order valence-electron chi connectivity index (χ2n) is 7.86. The summed E-state index contributed by atoms with van der Waals surface area (Å²) in [5, 5.41) is 0. The van der Waals surface area contributed by atoms with Crippen molar-refractivity contribution in [1.29, 1.82) is 0 Å². The summed E-state index contributed by atoms with van der Waals surface area (Å²) in [6.07, 6.45) is -2.16. The smallest absolute Gasteiger partial charge is 0.416 e. The molecular weight excluding hydrogens is 345 g/mol. The Morgan fingerprint density at radius 3 is 2.38 bits per heavy atom. The van der Waals surface area contributed by atoms with E-state index in [9.17, 15) is 18.0 Å². The lowest BCUT2D eigenvalue weighted by Gasteiger charge is -2.33. The maximum Gasteiger partial charge on any atom is 0.416 e. The van der Waals surface area contributed by atoms with Gasteiger partial charge in [-0.1, -0.05) is 6.07 Å². The minimum absolute atomic E-state index is 0.117. The Bertz CT molecular complexity index is 631. The first-order chi connectivity index (χ1) is 12.0. The van der Waals surface area contributed by atoms with Crippen LogP contribution in [0.4, 0.5) is 23.7 Å². The molecule has 146 valence electrons. The van der Waals surface area contributed by atoms with Crippen LogP contribution in [0.1, 0.15) is 51.2 Å². The number of ether oxygens (including phenoxy) is 1. The molecule has 1 aromatic rings. The van der Waals surface area contributed by atoms with Crippen molar-refractivity contribution in [3.63, 3.8) is 0 Å². The van der Waals surface area contributed by atoms with E-state index in [1.807, 2.05) is 20.8 Å². The maximum atomic E-state index is 13.2. The van der Waals surface area contributed by atoms with Crippen LogP contribution in [0.5, 0.6) is 0 Å². The monoisotopic (exact) mass is 372 g/mol. The number of carbonyl (C=O) groups is 1. The molecule has 2 rings (SSSR count). The fourth-order valence-electron chi connectivity index (χ4n) is 3.17. The SMILES string of the molecule is CC(C)(C)OC(=O)N1CCC(CCc2ccc(N)cc2C(F)(F)F)CC1. The average molecular weight is 372 g/mol. The first-order valence-corrected chi connectivity index (χ1v) is 8.89. The van der Waals surface area contributed by atoms with E-state index in [1.54, 1.807) is 4.90 Å². The van der Waals surface area contributed by atoms with Crippen LogP contribution in [0.15, 0.2) is 18.2 Å². The number of amides is 1. The molecule has 0 aromatic heterocycles. The van der Waals surface area contributed by atoms with Crippen molar-refractivity contribution in [2.45, 2.75) is 58.2 Å². The summed E-state index contributed by atoms with van der Waals surface area (Å²) in [6, 6.07) is 3.98. The summed E-state index contributed by atoms with van der Waals surface area (Å²) in [5.74, 6) is 0.298. The molecule has 1 heterocycles. The number of hydrogen-bond acceptors (Lipinski definition) is 3. The zero-order chi connectivity index (χ0) is 19.5. The van der Waals surface area contributed by atoms with Gasteiger partial charge in [0.1, 0.15) is 5.60 Å². The third-order valence-electron chi connectivity index (χ3n) is 4.53. The Labute approximate surface area is 152 Å². The molecule has 0 bridgehead atoms. The quantitative estimate of drug-likeness (QED) is 0.771. The number of benzene rings is 1. The molecule has 1 aliphatic rings. The number of aryl methyl sites for hydroxylation is 1. The molecule has 7 heteroatoms. The fourth-order valence-corrected chi connectivity index (χ4v) is 3.17. The van der Waals surface area contributed by atoms with Crippen LogP contribution in [-0.2, 0) is 17.3 Å². The summed E-state index contributed by atoms with van der Waals surface area (Å²) in [6.45, 7) is 6.62. The van der Waals surface area contributed by atoms with Gasteiger partial charge in [-0.05, 0) is 70.1 Å². The molecule has 1 amide bonds. The van der Waals surface area contributed by atoms with Crippen LogP contribution in [0.25, 0.3) is 0 Å². The van der Waals surface area contributed by atoms with Crippen LogP contribution in [0.3, 0.4) is 0 Å². The van der Waals surface area contributed by atoms with E-state index in [0.717, 1.165) is 18.9 Å². The summed E-state index contributed by atoms with van der Waals surface area (Å²) < 4.78 is 44.8. The first-order valence-electron chi connectivity index (χ1n) is 8.89. The predicted molar refractivity (Wildman–Crippen MR) is 94.7 cm³/mol. The third-order valence-corrected chi connectivity index (χ3v) is 4.53. The number of carbonyl (C=O) groups excluding carboxylic acids is 1. The van der Waals surface area contributed by atoms with Gasteiger partial charge in [-0.15, -0.1) is 0 Å². The lowest BCUT2D eigenvalue weighted by molar-refractivity contribution is -0.138. The second-order valence-corrected chi connectivity index (χ2v) is 7.86. The van der Waals surface area contributed by atoms with Gasteiger partial charge in [0.05, 0.1) is 5.56 Å². The highest BCUT2D eigenvalue weighted by Gasteiger charge is 2.34. The number of nitrogen functional groups attached to an aromatic ring is 1. The highest BCUT2D eigenvalue weighted by molar-refractivity contribution is 5.68. The summed E-state index contributed by atoms with van der Waals surface area (Å²) in [5.41, 5.74) is 4.72. The largest absolute Gasteiger partial charge is 0.444 e. The summed E-state index contributed by atoms with van der Waals surface area (Å²) in [4.78, 5) is 13.7. The molecule has 1 aromatic carbocycles. The lowest BCUT2D eigenvalue weighted by atomic mass is 9.89. The number of alkyl halides is 3. The standard InChI is InChI=1S/C19H27F3N2O2/c1-18(2,3)26-17(25)24-10-8-13(9-11-24)4-5-14-6-7-15(23)12-16(14)19(20,21)22/h6-7,12-13H,4-5,8-11,23H2,1-3H3. The number of anilines is 1. The molecule has 0 saturated carbocycles. The van der Waals surface area contributed by atoms with Crippen LogP contribution in [0.2, 0.25) is 0 Å². The molecular formula is C19H27F3N2O2. The first kappa shape index (κ1) is 20.4.